The highest BCUT2D eigenvalue weighted by atomic mass is 32.1. The number of amides is 1. The largest absolute Gasteiger partial charge is 0.484 e. The second kappa shape index (κ2) is 8.15. The smallest absolute Gasteiger partial charge is 0.265 e. The monoisotopic (exact) mass is 369 g/mol. The van der Waals surface area contributed by atoms with Crippen LogP contribution in [-0.4, -0.2) is 12.5 Å². The summed E-state index contributed by atoms with van der Waals surface area (Å²) < 4.78 is 18.9. The van der Waals surface area contributed by atoms with Crippen LogP contribution in [0.5, 0.6) is 5.75 Å². The van der Waals surface area contributed by atoms with Crippen LogP contribution >= 0.6 is 11.3 Å². The third-order valence-electron chi connectivity index (χ3n) is 4.17. The average Bonchev–Trinajstić information content (AvgIpc) is 3.14. The minimum atomic E-state index is -0.330. The molecule has 0 saturated carbocycles. The summed E-state index contributed by atoms with van der Waals surface area (Å²) in [6.45, 7) is 4.39. The highest BCUT2D eigenvalue weighted by molar-refractivity contribution is 7.09. The maximum atomic E-state index is 13.2. The van der Waals surface area contributed by atoms with Crippen molar-refractivity contribution in [1.82, 2.24) is 0 Å². The molecular formula is C21H20FNO2S. The molecule has 2 aromatic carbocycles. The number of nitrogens with zero attached hydrogens (tertiary/aromatic N) is 1. The molecule has 3 rings (SSSR count). The van der Waals surface area contributed by atoms with Crippen molar-refractivity contribution in [2.75, 3.05) is 11.5 Å². The Bertz CT molecular complexity index is 876. The SMILES string of the molecule is Cc1ccc(OCC(=O)N(Cc2cccs2)c2ccc(F)cc2)cc1C. The summed E-state index contributed by atoms with van der Waals surface area (Å²) in [5.41, 5.74) is 2.94. The standard InChI is InChI=1S/C21H20FNO2S/c1-15-5-10-19(12-16(15)2)25-14-21(24)23(13-20-4-3-11-26-20)18-8-6-17(22)7-9-18/h3-12H,13-14H2,1-2H3. The van der Waals surface area contributed by atoms with Crippen molar-refractivity contribution in [3.05, 3.63) is 81.8 Å². The lowest BCUT2D eigenvalue weighted by Crippen LogP contribution is -2.34. The molecule has 0 radical (unpaired) electrons. The normalized spacial score (nSPS) is 10.6. The maximum absolute atomic E-state index is 13.2. The lowest BCUT2D eigenvalue weighted by atomic mass is 10.1. The van der Waals surface area contributed by atoms with Crippen LogP contribution in [0.2, 0.25) is 0 Å². The van der Waals surface area contributed by atoms with Gasteiger partial charge in [0.1, 0.15) is 11.6 Å². The van der Waals surface area contributed by atoms with Crippen LogP contribution in [0.3, 0.4) is 0 Å². The Hall–Kier alpha value is -2.66. The lowest BCUT2D eigenvalue weighted by molar-refractivity contribution is -0.120. The summed E-state index contributed by atoms with van der Waals surface area (Å²) in [6, 6.07) is 15.6. The van der Waals surface area contributed by atoms with E-state index in [0.717, 1.165) is 10.4 Å². The number of hydrogen-bond donors (Lipinski definition) is 0. The van der Waals surface area contributed by atoms with Crippen molar-refractivity contribution in [2.24, 2.45) is 0 Å². The van der Waals surface area contributed by atoms with Gasteiger partial charge >= 0.3 is 0 Å². The van der Waals surface area contributed by atoms with Crippen LogP contribution in [-0.2, 0) is 11.3 Å². The van der Waals surface area contributed by atoms with Crippen molar-refractivity contribution in [3.63, 3.8) is 0 Å². The van der Waals surface area contributed by atoms with Crippen molar-refractivity contribution >= 4 is 22.9 Å². The van der Waals surface area contributed by atoms with Gasteiger partial charge in [0.15, 0.2) is 6.61 Å². The molecule has 3 nitrogen and oxygen atoms in total. The maximum Gasteiger partial charge on any atom is 0.265 e. The average molecular weight is 369 g/mol. The Morgan fingerprint density at radius 2 is 1.85 bits per heavy atom. The van der Waals surface area contributed by atoms with E-state index in [-0.39, 0.29) is 18.3 Å². The highest BCUT2D eigenvalue weighted by Gasteiger charge is 2.18. The second-order valence-corrected chi connectivity index (χ2v) is 7.10. The molecule has 1 aromatic heterocycles. The predicted molar refractivity (Wildman–Crippen MR) is 103 cm³/mol. The van der Waals surface area contributed by atoms with Gasteiger partial charge in [0.2, 0.25) is 0 Å². The molecule has 0 fully saturated rings. The van der Waals surface area contributed by atoms with Gasteiger partial charge in [-0.1, -0.05) is 12.1 Å². The van der Waals surface area contributed by atoms with E-state index in [1.165, 1.54) is 17.7 Å². The first kappa shape index (κ1) is 18.1. The van der Waals surface area contributed by atoms with E-state index in [2.05, 4.69) is 0 Å². The molecule has 0 unspecified atom stereocenters. The number of aryl methyl sites for hydroxylation is 2. The van der Waals surface area contributed by atoms with E-state index in [1.54, 1.807) is 28.4 Å². The third kappa shape index (κ3) is 4.49. The molecule has 0 aliphatic carbocycles. The molecule has 3 aromatic rings. The zero-order valence-corrected chi connectivity index (χ0v) is 15.6. The van der Waals surface area contributed by atoms with Gasteiger partial charge in [-0.05, 0) is 72.8 Å². The Balaban J connectivity index is 1.75. The molecule has 1 heterocycles. The van der Waals surface area contributed by atoms with Crippen LogP contribution in [0.25, 0.3) is 0 Å². The fraction of sp³-hybridized carbons (Fsp3) is 0.190. The van der Waals surface area contributed by atoms with Gasteiger partial charge in [-0.2, -0.15) is 0 Å². The number of hydrogen-bond acceptors (Lipinski definition) is 3. The Morgan fingerprint density at radius 1 is 1.08 bits per heavy atom. The Kier molecular flexibility index (Phi) is 5.68. The van der Waals surface area contributed by atoms with Gasteiger partial charge in [-0.3, -0.25) is 4.79 Å². The second-order valence-electron chi connectivity index (χ2n) is 6.07. The number of benzene rings is 2. The van der Waals surface area contributed by atoms with Crippen molar-refractivity contribution in [3.8, 4) is 5.75 Å². The summed E-state index contributed by atoms with van der Waals surface area (Å²) in [5, 5.41) is 1.97. The minimum Gasteiger partial charge on any atom is -0.484 e. The van der Waals surface area contributed by atoms with E-state index in [9.17, 15) is 9.18 Å². The Labute approximate surface area is 156 Å². The number of carbonyl (C=O) groups is 1. The highest BCUT2D eigenvalue weighted by Crippen LogP contribution is 2.21. The lowest BCUT2D eigenvalue weighted by Gasteiger charge is -2.22. The Morgan fingerprint density at radius 3 is 2.50 bits per heavy atom. The number of anilines is 1. The first-order chi connectivity index (χ1) is 12.5. The first-order valence-corrected chi connectivity index (χ1v) is 9.19. The molecule has 0 atom stereocenters. The van der Waals surface area contributed by atoms with E-state index >= 15 is 0 Å². The molecule has 0 bridgehead atoms. The molecular weight excluding hydrogens is 349 g/mol. The molecule has 1 amide bonds. The first-order valence-electron chi connectivity index (χ1n) is 8.31. The van der Waals surface area contributed by atoms with Crippen LogP contribution in [0.1, 0.15) is 16.0 Å². The van der Waals surface area contributed by atoms with E-state index < -0.39 is 0 Å². The molecule has 0 N–H and O–H groups in total. The number of carbonyl (C=O) groups excluding carboxylic acids is 1. The predicted octanol–water partition coefficient (Wildman–Crippen LogP) is 5.12. The topological polar surface area (TPSA) is 29.5 Å². The summed E-state index contributed by atoms with van der Waals surface area (Å²) in [5.74, 6) is 0.156. The molecule has 134 valence electrons. The minimum absolute atomic E-state index is 0.0781. The van der Waals surface area contributed by atoms with Gasteiger partial charge in [0.25, 0.3) is 5.91 Å². The number of thiophene rings is 1. The van der Waals surface area contributed by atoms with Gasteiger partial charge in [0, 0.05) is 10.6 Å². The van der Waals surface area contributed by atoms with Gasteiger partial charge in [-0.25, -0.2) is 4.39 Å². The fourth-order valence-electron chi connectivity index (χ4n) is 2.53. The quantitative estimate of drug-likeness (QED) is 0.604. The van der Waals surface area contributed by atoms with Crippen LogP contribution in [0.4, 0.5) is 10.1 Å². The molecule has 26 heavy (non-hydrogen) atoms. The van der Waals surface area contributed by atoms with Crippen LogP contribution < -0.4 is 9.64 Å². The van der Waals surface area contributed by atoms with Gasteiger partial charge in [0.05, 0.1) is 6.54 Å². The summed E-state index contributed by atoms with van der Waals surface area (Å²) in [4.78, 5) is 15.5. The zero-order valence-electron chi connectivity index (χ0n) is 14.7. The van der Waals surface area contributed by atoms with Crippen LogP contribution in [0, 0.1) is 19.7 Å². The van der Waals surface area contributed by atoms with Crippen molar-refractivity contribution < 1.29 is 13.9 Å². The molecule has 5 heteroatoms. The molecule has 0 saturated heterocycles. The van der Waals surface area contributed by atoms with E-state index in [0.29, 0.717) is 18.0 Å². The number of halogens is 1. The van der Waals surface area contributed by atoms with E-state index in [1.807, 2.05) is 49.6 Å². The summed E-state index contributed by atoms with van der Waals surface area (Å²) >= 11 is 1.58. The van der Waals surface area contributed by atoms with Crippen molar-refractivity contribution in [2.45, 2.75) is 20.4 Å². The fourth-order valence-corrected chi connectivity index (χ4v) is 3.22. The molecule has 0 spiro atoms. The summed E-state index contributed by atoms with van der Waals surface area (Å²) in [7, 11) is 0. The number of rotatable bonds is 6. The third-order valence-corrected chi connectivity index (χ3v) is 5.04. The van der Waals surface area contributed by atoms with Gasteiger partial charge < -0.3 is 9.64 Å². The van der Waals surface area contributed by atoms with E-state index in [4.69, 9.17) is 4.74 Å². The molecule has 0 aliphatic heterocycles. The zero-order chi connectivity index (χ0) is 18.5. The van der Waals surface area contributed by atoms with Gasteiger partial charge in [-0.15, -0.1) is 11.3 Å². The number of ether oxygens (including phenoxy) is 1. The summed E-state index contributed by atoms with van der Waals surface area (Å²) in [6.07, 6.45) is 0. The van der Waals surface area contributed by atoms with Crippen molar-refractivity contribution in [1.29, 1.82) is 0 Å². The molecule has 0 aliphatic rings. The van der Waals surface area contributed by atoms with Crippen LogP contribution in [0.15, 0.2) is 60.0 Å².